The Balaban J connectivity index is 1.98. The van der Waals surface area contributed by atoms with E-state index in [0.29, 0.717) is 0 Å². The number of aryl methyl sites for hydroxylation is 1. The zero-order valence-corrected chi connectivity index (χ0v) is 13.1. The first-order valence-electron chi connectivity index (χ1n) is 8.07. The van der Waals surface area contributed by atoms with Crippen molar-refractivity contribution in [2.45, 2.75) is 52.9 Å². The number of nitrogens with one attached hydrogen (secondary N) is 2. The van der Waals surface area contributed by atoms with Crippen LogP contribution in [0.3, 0.4) is 0 Å². The maximum Gasteiger partial charge on any atom is 0.133 e. The molecule has 2 N–H and O–H groups in total. The summed E-state index contributed by atoms with van der Waals surface area (Å²) < 4.78 is 0. The molecular weight excluding hydrogens is 248 g/mol. The van der Waals surface area contributed by atoms with E-state index in [2.05, 4.69) is 41.4 Å². The van der Waals surface area contributed by atoms with Gasteiger partial charge in [-0.2, -0.15) is 0 Å². The predicted molar refractivity (Wildman–Crippen MR) is 85.2 cm³/mol. The Bertz CT molecular complexity index is 395. The van der Waals surface area contributed by atoms with E-state index in [1.807, 2.05) is 6.07 Å². The third-order valence-corrected chi connectivity index (χ3v) is 3.98. The fourth-order valence-electron chi connectivity index (χ4n) is 2.95. The molecule has 1 heterocycles. The first-order valence-corrected chi connectivity index (χ1v) is 8.07. The van der Waals surface area contributed by atoms with Gasteiger partial charge in [0.05, 0.1) is 0 Å². The van der Waals surface area contributed by atoms with Crippen LogP contribution in [0.1, 0.15) is 52.3 Å². The minimum absolute atomic E-state index is 0.803. The SMILES string of the molecule is CCCc1nc(NCC)cc(NCC2CCC(C)C2)n1. The van der Waals surface area contributed by atoms with Crippen LogP contribution in [0.15, 0.2) is 6.07 Å². The standard InChI is InChI=1S/C16H28N4/c1-4-6-14-19-15(17-5-2)10-16(20-14)18-11-13-8-7-12(3)9-13/h10,12-13H,4-9,11H2,1-3H3,(H2,17,18,19,20). The van der Waals surface area contributed by atoms with Crippen LogP contribution in [0, 0.1) is 11.8 Å². The zero-order valence-electron chi connectivity index (χ0n) is 13.1. The molecule has 4 nitrogen and oxygen atoms in total. The fourth-order valence-corrected chi connectivity index (χ4v) is 2.95. The molecule has 1 saturated carbocycles. The van der Waals surface area contributed by atoms with Crippen LogP contribution in [0.25, 0.3) is 0 Å². The second kappa shape index (κ2) is 7.46. The average molecular weight is 276 g/mol. The third kappa shape index (κ3) is 4.36. The molecule has 0 spiro atoms. The molecule has 2 rings (SSSR count). The molecule has 20 heavy (non-hydrogen) atoms. The minimum atomic E-state index is 0.803. The molecule has 2 atom stereocenters. The molecule has 1 aliphatic carbocycles. The molecule has 2 unspecified atom stereocenters. The number of nitrogens with zero attached hydrogens (tertiary/aromatic N) is 2. The van der Waals surface area contributed by atoms with Crippen LogP contribution in [-0.4, -0.2) is 23.1 Å². The maximum absolute atomic E-state index is 4.62. The molecule has 1 aromatic rings. The smallest absolute Gasteiger partial charge is 0.133 e. The van der Waals surface area contributed by atoms with Crippen molar-refractivity contribution in [2.24, 2.45) is 11.8 Å². The van der Waals surface area contributed by atoms with E-state index in [0.717, 1.165) is 55.2 Å². The van der Waals surface area contributed by atoms with E-state index >= 15 is 0 Å². The first-order chi connectivity index (χ1) is 9.71. The summed E-state index contributed by atoms with van der Waals surface area (Å²) in [4.78, 5) is 9.17. The van der Waals surface area contributed by atoms with E-state index in [9.17, 15) is 0 Å². The summed E-state index contributed by atoms with van der Waals surface area (Å²) in [5, 5.41) is 6.80. The largest absolute Gasteiger partial charge is 0.370 e. The average Bonchev–Trinajstić information content (AvgIpc) is 2.83. The van der Waals surface area contributed by atoms with Crippen LogP contribution in [-0.2, 0) is 6.42 Å². The molecule has 0 bridgehead atoms. The van der Waals surface area contributed by atoms with Gasteiger partial charge in [0.25, 0.3) is 0 Å². The summed E-state index contributed by atoms with van der Waals surface area (Å²) in [5.41, 5.74) is 0. The Labute approximate surface area is 122 Å². The van der Waals surface area contributed by atoms with Gasteiger partial charge in [-0.25, -0.2) is 9.97 Å². The summed E-state index contributed by atoms with van der Waals surface area (Å²) in [6, 6.07) is 2.03. The topological polar surface area (TPSA) is 49.8 Å². The maximum atomic E-state index is 4.62. The van der Waals surface area contributed by atoms with Crippen molar-refractivity contribution in [3.8, 4) is 0 Å². The molecule has 4 heteroatoms. The van der Waals surface area contributed by atoms with Crippen LogP contribution in [0.5, 0.6) is 0 Å². The van der Waals surface area contributed by atoms with Gasteiger partial charge in [-0.3, -0.25) is 0 Å². The lowest BCUT2D eigenvalue weighted by molar-refractivity contribution is 0.536. The molecule has 0 amide bonds. The van der Waals surface area contributed by atoms with E-state index in [1.54, 1.807) is 0 Å². The quantitative estimate of drug-likeness (QED) is 0.797. The Hall–Kier alpha value is -1.32. The normalized spacial score (nSPS) is 21.9. The van der Waals surface area contributed by atoms with Crippen molar-refractivity contribution in [1.82, 2.24) is 9.97 Å². The van der Waals surface area contributed by atoms with Crippen molar-refractivity contribution >= 4 is 11.6 Å². The zero-order chi connectivity index (χ0) is 14.4. The highest BCUT2D eigenvalue weighted by Crippen LogP contribution is 2.30. The van der Waals surface area contributed by atoms with Gasteiger partial charge >= 0.3 is 0 Å². The molecule has 1 aromatic heterocycles. The van der Waals surface area contributed by atoms with Crippen LogP contribution < -0.4 is 10.6 Å². The number of rotatable bonds is 7. The van der Waals surface area contributed by atoms with Gasteiger partial charge in [0, 0.05) is 25.6 Å². The van der Waals surface area contributed by atoms with Gasteiger partial charge in [-0.15, -0.1) is 0 Å². The number of anilines is 2. The van der Waals surface area contributed by atoms with Gasteiger partial charge in [0.2, 0.25) is 0 Å². The van der Waals surface area contributed by atoms with Crippen LogP contribution in [0.2, 0.25) is 0 Å². The molecule has 0 saturated heterocycles. The fraction of sp³-hybridized carbons (Fsp3) is 0.750. The molecule has 0 aliphatic heterocycles. The summed E-state index contributed by atoms with van der Waals surface area (Å²) in [7, 11) is 0. The number of aromatic nitrogens is 2. The molecule has 0 radical (unpaired) electrons. The first kappa shape index (κ1) is 15.1. The van der Waals surface area contributed by atoms with Crippen molar-refractivity contribution < 1.29 is 0 Å². The summed E-state index contributed by atoms with van der Waals surface area (Å²) in [6.07, 6.45) is 6.09. The Kier molecular flexibility index (Phi) is 5.62. The summed E-state index contributed by atoms with van der Waals surface area (Å²) in [5.74, 6) is 4.54. The summed E-state index contributed by atoms with van der Waals surface area (Å²) >= 11 is 0. The third-order valence-electron chi connectivity index (χ3n) is 3.98. The Morgan fingerprint density at radius 2 is 1.90 bits per heavy atom. The van der Waals surface area contributed by atoms with Gasteiger partial charge in [0.15, 0.2) is 0 Å². The predicted octanol–water partition coefficient (Wildman–Crippen LogP) is 3.71. The molecule has 0 aromatic carbocycles. The van der Waals surface area contributed by atoms with E-state index in [4.69, 9.17) is 0 Å². The lowest BCUT2D eigenvalue weighted by Crippen LogP contribution is -2.14. The second-order valence-corrected chi connectivity index (χ2v) is 6.00. The van der Waals surface area contributed by atoms with Crippen molar-refractivity contribution in [2.75, 3.05) is 23.7 Å². The van der Waals surface area contributed by atoms with E-state index < -0.39 is 0 Å². The number of hydrogen-bond acceptors (Lipinski definition) is 4. The molecular formula is C16H28N4. The van der Waals surface area contributed by atoms with Gasteiger partial charge in [0.1, 0.15) is 17.5 Å². The Morgan fingerprint density at radius 3 is 2.50 bits per heavy atom. The minimum Gasteiger partial charge on any atom is -0.370 e. The molecule has 1 fully saturated rings. The van der Waals surface area contributed by atoms with Gasteiger partial charge in [-0.1, -0.05) is 20.3 Å². The Morgan fingerprint density at radius 1 is 1.15 bits per heavy atom. The van der Waals surface area contributed by atoms with Crippen LogP contribution in [0.4, 0.5) is 11.6 Å². The lowest BCUT2D eigenvalue weighted by atomic mass is 10.1. The van der Waals surface area contributed by atoms with Crippen molar-refractivity contribution in [3.05, 3.63) is 11.9 Å². The summed E-state index contributed by atoms with van der Waals surface area (Å²) in [6.45, 7) is 8.54. The molecule has 1 aliphatic rings. The monoisotopic (exact) mass is 276 g/mol. The lowest BCUT2D eigenvalue weighted by Gasteiger charge is -2.13. The molecule has 112 valence electrons. The van der Waals surface area contributed by atoms with Gasteiger partial charge < -0.3 is 10.6 Å². The van der Waals surface area contributed by atoms with E-state index in [-0.39, 0.29) is 0 Å². The van der Waals surface area contributed by atoms with Crippen molar-refractivity contribution in [1.29, 1.82) is 0 Å². The van der Waals surface area contributed by atoms with Crippen molar-refractivity contribution in [3.63, 3.8) is 0 Å². The number of hydrogen-bond donors (Lipinski definition) is 2. The van der Waals surface area contributed by atoms with Gasteiger partial charge in [-0.05, 0) is 38.0 Å². The van der Waals surface area contributed by atoms with E-state index in [1.165, 1.54) is 19.3 Å². The highest BCUT2D eigenvalue weighted by Gasteiger charge is 2.21. The van der Waals surface area contributed by atoms with Crippen LogP contribution >= 0.6 is 0 Å². The highest BCUT2D eigenvalue weighted by molar-refractivity contribution is 5.47. The highest BCUT2D eigenvalue weighted by atomic mass is 15.1. The second-order valence-electron chi connectivity index (χ2n) is 6.00.